The Labute approximate surface area is 88.4 Å². The topological polar surface area (TPSA) is 21.3 Å². The maximum absolute atomic E-state index is 6.06. The van der Waals surface area contributed by atoms with Crippen LogP contribution in [0.2, 0.25) is 0 Å². The number of ether oxygens (including phenoxy) is 1. The van der Waals surface area contributed by atoms with Crippen LogP contribution >= 0.6 is 0 Å². The monoisotopic (exact) mass is 199 g/mol. The van der Waals surface area contributed by atoms with E-state index < -0.39 is 0 Å². The molecule has 0 spiro atoms. The first kappa shape index (κ1) is 12.0. The van der Waals surface area contributed by atoms with Crippen LogP contribution in [0.25, 0.3) is 0 Å². The van der Waals surface area contributed by atoms with Crippen LogP contribution < -0.4 is 5.32 Å². The van der Waals surface area contributed by atoms with Crippen LogP contribution in [0.3, 0.4) is 0 Å². The number of rotatable bonds is 5. The number of nitrogens with one attached hydrogen (secondary N) is 1. The van der Waals surface area contributed by atoms with Crippen molar-refractivity contribution >= 4 is 0 Å². The lowest BCUT2D eigenvalue weighted by molar-refractivity contribution is -0.0195. The minimum absolute atomic E-state index is 0.411. The highest BCUT2D eigenvalue weighted by Gasteiger charge is 2.27. The average molecular weight is 199 g/mol. The molecule has 0 aromatic carbocycles. The fourth-order valence-electron chi connectivity index (χ4n) is 2.44. The van der Waals surface area contributed by atoms with Crippen LogP contribution in [0.1, 0.15) is 46.5 Å². The zero-order chi connectivity index (χ0) is 10.6. The third kappa shape index (κ3) is 3.58. The van der Waals surface area contributed by atoms with Gasteiger partial charge in [0, 0.05) is 6.04 Å². The first-order valence-electron chi connectivity index (χ1n) is 5.96. The Kier molecular flexibility index (Phi) is 4.90. The largest absolute Gasteiger partial charge is 0.374 e. The molecule has 2 nitrogen and oxygen atoms in total. The van der Waals surface area contributed by atoms with E-state index in [1.54, 1.807) is 0 Å². The van der Waals surface area contributed by atoms with Gasteiger partial charge in [-0.2, -0.15) is 0 Å². The summed E-state index contributed by atoms with van der Waals surface area (Å²) in [5.41, 5.74) is 0. The molecule has 2 heteroatoms. The molecule has 1 aliphatic carbocycles. The second-order valence-corrected chi connectivity index (χ2v) is 4.94. The first-order valence-corrected chi connectivity index (χ1v) is 5.96. The van der Waals surface area contributed by atoms with Crippen LogP contribution in [0, 0.1) is 5.92 Å². The van der Waals surface area contributed by atoms with Gasteiger partial charge < -0.3 is 10.1 Å². The molecule has 0 aromatic rings. The fourth-order valence-corrected chi connectivity index (χ4v) is 2.44. The van der Waals surface area contributed by atoms with Gasteiger partial charge in [0.1, 0.15) is 0 Å². The van der Waals surface area contributed by atoms with Crippen molar-refractivity contribution in [2.24, 2.45) is 5.92 Å². The third-order valence-corrected chi connectivity index (χ3v) is 3.03. The standard InChI is InChI=1S/C12H25NO/c1-9(2)8-10(3)14-12-7-5-6-11(12)13-4/h9-13H,5-8H2,1-4H3. The predicted octanol–water partition coefficient (Wildman–Crippen LogP) is 2.58. The van der Waals surface area contributed by atoms with Crippen LogP contribution in [-0.4, -0.2) is 25.3 Å². The van der Waals surface area contributed by atoms with Crippen molar-refractivity contribution in [2.75, 3.05) is 7.05 Å². The molecule has 0 aromatic heterocycles. The second kappa shape index (κ2) is 5.72. The number of hydrogen-bond donors (Lipinski definition) is 1. The number of likely N-dealkylation sites (N-methyl/N-ethyl adjacent to an activating group) is 1. The van der Waals surface area contributed by atoms with E-state index in [1.807, 2.05) is 7.05 Å². The Hall–Kier alpha value is -0.0800. The normalized spacial score (nSPS) is 29.8. The molecule has 0 heterocycles. The summed E-state index contributed by atoms with van der Waals surface area (Å²) in [5, 5.41) is 3.35. The molecule has 3 atom stereocenters. The maximum Gasteiger partial charge on any atom is 0.0731 e. The van der Waals surface area contributed by atoms with E-state index >= 15 is 0 Å². The fraction of sp³-hybridized carbons (Fsp3) is 1.00. The van der Waals surface area contributed by atoms with Crippen molar-refractivity contribution in [2.45, 2.75) is 64.7 Å². The Morgan fingerprint density at radius 2 is 2.00 bits per heavy atom. The highest BCUT2D eigenvalue weighted by molar-refractivity contribution is 4.83. The van der Waals surface area contributed by atoms with Crippen LogP contribution in [-0.2, 0) is 4.74 Å². The molecule has 3 unspecified atom stereocenters. The van der Waals surface area contributed by atoms with E-state index in [9.17, 15) is 0 Å². The molecular formula is C12H25NO. The lowest BCUT2D eigenvalue weighted by Gasteiger charge is -2.24. The van der Waals surface area contributed by atoms with Crippen LogP contribution in [0.4, 0.5) is 0 Å². The Morgan fingerprint density at radius 1 is 1.29 bits per heavy atom. The van der Waals surface area contributed by atoms with Crippen molar-refractivity contribution in [3.8, 4) is 0 Å². The van der Waals surface area contributed by atoms with E-state index in [0.717, 1.165) is 5.92 Å². The first-order chi connectivity index (χ1) is 6.63. The van der Waals surface area contributed by atoms with Crippen LogP contribution in [0.15, 0.2) is 0 Å². The highest BCUT2D eigenvalue weighted by Crippen LogP contribution is 2.24. The molecule has 0 radical (unpaired) electrons. The van der Waals surface area contributed by atoms with Crippen molar-refractivity contribution < 1.29 is 4.74 Å². The molecule has 14 heavy (non-hydrogen) atoms. The van der Waals surface area contributed by atoms with Gasteiger partial charge in [-0.3, -0.25) is 0 Å². The van der Waals surface area contributed by atoms with E-state index in [2.05, 4.69) is 26.1 Å². The minimum atomic E-state index is 0.411. The smallest absolute Gasteiger partial charge is 0.0731 e. The molecule has 1 fully saturated rings. The van der Waals surface area contributed by atoms with Crippen molar-refractivity contribution in [3.05, 3.63) is 0 Å². The Morgan fingerprint density at radius 3 is 2.57 bits per heavy atom. The molecule has 1 rings (SSSR count). The van der Waals surface area contributed by atoms with Crippen molar-refractivity contribution in [1.29, 1.82) is 0 Å². The van der Waals surface area contributed by atoms with Gasteiger partial charge in [-0.1, -0.05) is 13.8 Å². The summed E-state index contributed by atoms with van der Waals surface area (Å²) in [6.07, 6.45) is 5.85. The molecule has 0 aliphatic heterocycles. The molecule has 1 saturated carbocycles. The zero-order valence-corrected chi connectivity index (χ0v) is 10.0. The molecule has 1 aliphatic rings. The molecule has 0 amide bonds. The minimum Gasteiger partial charge on any atom is -0.374 e. The van der Waals surface area contributed by atoms with Gasteiger partial charge in [-0.15, -0.1) is 0 Å². The lowest BCUT2D eigenvalue weighted by Crippen LogP contribution is -2.36. The summed E-state index contributed by atoms with van der Waals surface area (Å²) in [6.45, 7) is 6.71. The van der Waals surface area contributed by atoms with Gasteiger partial charge in [0.15, 0.2) is 0 Å². The molecular weight excluding hydrogens is 174 g/mol. The summed E-state index contributed by atoms with van der Waals surface area (Å²) >= 11 is 0. The maximum atomic E-state index is 6.06. The van der Waals surface area contributed by atoms with Crippen molar-refractivity contribution in [1.82, 2.24) is 5.32 Å². The van der Waals surface area contributed by atoms with Gasteiger partial charge in [-0.05, 0) is 45.6 Å². The summed E-state index contributed by atoms with van der Waals surface area (Å²) < 4.78 is 6.06. The summed E-state index contributed by atoms with van der Waals surface area (Å²) in [7, 11) is 2.04. The van der Waals surface area contributed by atoms with E-state index in [-0.39, 0.29) is 0 Å². The summed E-state index contributed by atoms with van der Waals surface area (Å²) in [5.74, 6) is 0.736. The van der Waals surface area contributed by atoms with Gasteiger partial charge in [0.25, 0.3) is 0 Å². The van der Waals surface area contributed by atoms with E-state index in [1.165, 1.54) is 25.7 Å². The molecule has 1 N–H and O–H groups in total. The van der Waals surface area contributed by atoms with E-state index in [4.69, 9.17) is 4.74 Å². The average Bonchev–Trinajstić information content (AvgIpc) is 2.50. The van der Waals surface area contributed by atoms with Gasteiger partial charge in [0.05, 0.1) is 12.2 Å². The van der Waals surface area contributed by atoms with Gasteiger partial charge >= 0.3 is 0 Å². The molecule has 0 saturated heterocycles. The number of hydrogen-bond acceptors (Lipinski definition) is 2. The summed E-state index contributed by atoms with van der Waals surface area (Å²) in [6, 6.07) is 0.588. The molecule has 84 valence electrons. The second-order valence-electron chi connectivity index (χ2n) is 4.94. The highest BCUT2D eigenvalue weighted by atomic mass is 16.5. The SMILES string of the molecule is CNC1CCCC1OC(C)CC(C)C. The predicted molar refractivity (Wildman–Crippen MR) is 60.5 cm³/mol. The third-order valence-electron chi connectivity index (χ3n) is 3.03. The lowest BCUT2D eigenvalue weighted by atomic mass is 10.1. The summed E-state index contributed by atoms with van der Waals surface area (Å²) in [4.78, 5) is 0. The van der Waals surface area contributed by atoms with Crippen molar-refractivity contribution in [3.63, 3.8) is 0 Å². The quantitative estimate of drug-likeness (QED) is 0.735. The zero-order valence-electron chi connectivity index (χ0n) is 10.0. The van der Waals surface area contributed by atoms with E-state index in [0.29, 0.717) is 18.2 Å². The van der Waals surface area contributed by atoms with Crippen LogP contribution in [0.5, 0.6) is 0 Å². The molecule has 0 bridgehead atoms. The van der Waals surface area contributed by atoms with Gasteiger partial charge in [0.2, 0.25) is 0 Å². The Bertz CT molecular complexity index is 158. The Balaban J connectivity index is 2.28. The van der Waals surface area contributed by atoms with Gasteiger partial charge in [-0.25, -0.2) is 0 Å².